The van der Waals surface area contributed by atoms with Crippen molar-refractivity contribution in [2.75, 3.05) is 5.32 Å². The maximum atomic E-state index is 13.5. The molecule has 0 radical (unpaired) electrons. The van der Waals surface area contributed by atoms with Gasteiger partial charge in [0.15, 0.2) is 11.6 Å². The smallest absolute Gasteiger partial charge is 0.329 e. The molecule has 0 atom stereocenters. The Morgan fingerprint density at radius 1 is 1.36 bits per heavy atom. The number of hydrogen-bond donors (Lipinski definition) is 1. The molecular weight excluding hydrogens is 298 g/mol. The molecule has 22 heavy (non-hydrogen) atoms. The lowest BCUT2D eigenvalue weighted by molar-refractivity contribution is -0.384. The molecule has 2 aromatic rings. The van der Waals surface area contributed by atoms with E-state index in [4.69, 9.17) is 4.74 Å². The lowest BCUT2D eigenvalue weighted by Crippen LogP contribution is -2.08. The topological polar surface area (TPSA) is 90.2 Å². The summed E-state index contributed by atoms with van der Waals surface area (Å²) in [4.78, 5) is 17.9. The van der Waals surface area contributed by atoms with Crippen LogP contribution < -0.4 is 10.1 Å². The highest BCUT2D eigenvalue weighted by atomic mass is 19.1. The molecule has 1 aromatic carbocycles. The van der Waals surface area contributed by atoms with Gasteiger partial charge in [-0.05, 0) is 25.0 Å². The second kappa shape index (κ2) is 5.51. The molecule has 114 valence electrons. The molecule has 1 heterocycles. The fourth-order valence-electron chi connectivity index (χ4n) is 1.73. The first-order valence-corrected chi connectivity index (χ1v) is 6.44. The number of rotatable bonds is 5. The van der Waals surface area contributed by atoms with Crippen molar-refractivity contribution in [2.45, 2.75) is 18.9 Å². The Labute approximate surface area is 123 Å². The molecule has 1 N–H and O–H groups in total. The summed E-state index contributed by atoms with van der Waals surface area (Å²) in [6.07, 6.45) is 2.77. The molecule has 7 nitrogen and oxygen atoms in total. The van der Waals surface area contributed by atoms with E-state index < -0.39 is 16.6 Å². The first kappa shape index (κ1) is 14.1. The van der Waals surface area contributed by atoms with E-state index in [0.29, 0.717) is 6.07 Å². The van der Waals surface area contributed by atoms with Gasteiger partial charge in [-0.1, -0.05) is 0 Å². The van der Waals surface area contributed by atoms with Gasteiger partial charge in [-0.15, -0.1) is 0 Å². The molecule has 0 aliphatic heterocycles. The predicted molar refractivity (Wildman–Crippen MR) is 71.8 cm³/mol. The second-order valence-corrected chi connectivity index (χ2v) is 4.74. The molecule has 0 bridgehead atoms. The van der Waals surface area contributed by atoms with E-state index in [-0.39, 0.29) is 29.3 Å². The zero-order chi connectivity index (χ0) is 15.7. The zero-order valence-corrected chi connectivity index (χ0v) is 11.1. The van der Waals surface area contributed by atoms with Crippen LogP contribution in [-0.2, 0) is 0 Å². The number of nitro groups is 1. The number of hydrogen-bond acceptors (Lipinski definition) is 6. The third-order valence-electron chi connectivity index (χ3n) is 2.96. The van der Waals surface area contributed by atoms with Gasteiger partial charge in [0.05, 0.1) is 4.92 Å². The van der Waals surface area contributed by atoms with Gasteiger partial charge in [0.2, 0.25) is 5.82 Å². The van der Waals surface area contributed by atoms with Gasteiger partial charge in [-0.3, -0.25) is 10.1 Å². The summed E-state index contributed by atoms with van der Waals surface area (Å²) in [5.41, 5.74) is -0.293. The Balaban J connectivity index is 1.88. The largest absolute Gasteiger partial charge is 0.421 e. The Morgan fingerprint density at radius 2 is 2.14 bits per heavy atom. The third-order valence-corrected chi connectivity index (χ3v) is 2.96. The Kier molecular flexibility index (Phi) is 3.53. The standard InChI is InChI=1S/C13H10F2N4O3/c14-7-1-4-11(9(15)5-7)22-13-16-6-10(19(20)21)12(18-13)17-8-2-3-8/h1,4-6,8H,2-3H2,(H,16,17,18). The third kappa shape index (κ3) is 3.08. The first-order valence-electron chi connectivity index (χ1n) is 6.44. The number of benzene rings is 1. The molecule has 0 spiro atoms. The first-order chi connectivity index (χ1) is 10.5. The summed E-state index contributed by atoms with van der Waals surface area (Å²) >= 11 is 0. The van der Waals surface area contributed by atoms with Crippen molar-refractivity contribution in [1.29, 1.82) is 0 Å². The quantitative estimate of drug-likeness (QED) is 0.674. The van der Waals surface area contributed by atoms with Gasteiger partial charge >= 0.3 is 11.7 Å². The lowest BCUT2D eigenvalue weighted by atomic mass is 10.3. The molecule has 9 heteroatoms. The molecule has 1 aromatic heterocycles. The number of aromatic nitrogens is 2. The minimum Gasteiger partial charge on any atom is -0.421 e. The number of ether oxygens (including phenoxy) is 1. The SMILES string of the molecule is O=[N+]([O-])c1cnc(Oc2ccc(F)cc2F)nc1NC1CC1. The maximum absolute atomic E-state index is 13.5. The van der Waals surface area contributed by atoms with Crippen molar-refractivity contribution in [3.8, 4) is 11.8 Å². The lowest BCUT2D eigenvalue weighted by Gasteiger charge is -2.08. The normalized spacial score (nSPS) is 13.7. The average molecular weight is 308 g/mol. The van der Waals surface area contributed by atoms with Crippen molar-refractivity contribution in [3.63, 3.8) is 0 Å². The Morgan fingerprint density at radius 3 is 2.77 bits per heavy atom. The minimum atomic E-state index is -0.918. The summed E-state index contributed by atoms with van der Waals surface area (Å²) in [5.74, 6) is -1.92. The summed E-state index contributed by atoms with van der Waals surface area (Å²) in [6, 6.07) is 2.63. The van der Waals surface area contributed by atoms with E-state index in [2.05, 4.69) is 15.3 Å². The van der Waals surface area contributed by atoms with E-state index in [0.717, 1.165) is 31.2 Å². The van der Waals surface area contributed by atoms with Crippen LogP contribution in [-0.4, -0.2) is 20.9 Å². The van der Waals surface area contributed by atoms with E-state index in [1.165, 1.54) is 0 Å². The van der Waals surface area contributed by atoms with Crippen molar-refractivity contribution in [2.24, 2.45) is 0 Å². The fourth-order valence-corrected chi connectivity index (χ4v) is 1.73. The van der Waals surface area contributed by atoms with Gasteiger partial charge in [-0.2, -0.15) is 9.97 Å². The van der Waals surface area contributed by atoms with Crippen LogP contribution >= 0.6 is 0 Å². The van der Waals surface area contributed by atoms with Gasteiger partial charge in [0.1, 0.15) is 12.0 Å². The Hall–Kier alpha value is -2.84. The molecule has 1 aliphatic rings. The number of halogens is 2. The Bertz CT molecular complexity index is 737. The monoisotopic (exact) mass is 308 g/mol. The van der Waals surface area contributed by atoms with Gasteiger partial charge in [-0.25, -0.2) is 8.78 Å². The average Bonchev–Trinajstić information content (AvgIpc) is 3.26. The number of anilines is 1. The van der Waals surface area contributed by atoms with Gasteiger partial charge in [0.25, 0.3) is 0 Å². The van der Waals surface area contributed by atoms with Gasteiger partial charge in [0, 0.05) is 12.1 Å². The van der Waals surface area contributed by atoms with Gasteiger partial charge < -0.3 is 10.1 Å². The van der Waals surface area contributed by atoms with Crippen molar-refractivity contribution in [1.82, 2.24) is 9.97 Å². The zero-order valence-electron chi connectivity index (χ0n) is 11.1. The molecule has 0 amide bonds. The highest BCUT2D eigenvalue weighted by Gasteiger charge is 2.27. The van der Waals surface area contributed by atoms with Crippen LogP contribution in [0, 0.1) is 21.7 Å². The summed E-state index contributed by atoms with van der Waals surface area (Å²) in [6.45, 7) is 0. The van der Waals surface area contributed by atoms with Crippen LogP contribution in [0.3, 0.4) is 0 Å². The molecule has 1 saturated carbocycles. The van der Waals surface area contributed by atoms with Crippen molar-refractivity contribution >= 4 is 11.5 Å². The van der Waals surface area contributed by atoms with Crippen LogP contribution in [0.25, 0.3) is 0 Å². The number of nitrogens with one attached hydrogen (secondary N) is 1. The highest BCUT2D eigenvalue weighted by molar-refractivity contribution is 5.56. The summed E-state index contributed by atoms with van der Waals surface area (Å²) < 4.78 is 31.5. The highest BCUT2D eigenvalue weighted by Crippen LogP contribution is 2.31. The van der Waals surface area contributed by atoms with Crippen molar-refractivity contribution < 1.29 is 18.4 Å². The van der Waals surface area contributed by atoms with E-state index in [9.17, 15) is 18.9 Å². The maximum Gasteiger partial charge on any atom is 0.329 e. The molecule has 0 unspecified atom stereocenters. The molecule has 0 saturated heterocycles. The number of nitrogens with zero attached hydrogens (tertiary/aromatic N) is 3. The van der Waals surface area contributed by atoms with Crippen molar-refractivity contribution in [3.05, 3.63) is 46.1 Å². The minimum absolute atomic E-state index is 0.0139. The van der Waals surface area contributed by atoms with E-state index in [1.54, 1.807) is 0 Å². The molecule has 1 aliphatic carbocycles. The molecule has 3 rings (SSSR count). The summed E-state index contributed by atoms with van der Waals surface area (Å²) in [5, 5.41) is 13.8. The van der Waals surface area contributed by atoms with Crippen LogP contribution in [0.5, 0.6) is 11.8 Å². The predicted octanol–water partition coefficient (Wildman–Crippen LogP) is 3.03. The van der Waals surface area contributed by atoms with Crippen LogP contribution in [0.4, 0.5) is 20.3 Å². The molecule has 1 fully saturated rings. The van der Waals surface area contributed by atoms with E-state index in [1.807, 2.05) is 0 Å². The molecular formula is C13H10F2N4O3. The van der Waals surface area contributed by atoms with Crippen LogP contribution in [0.1, 0.15) is 12.8 Å². The van der Waals surface area contributed by atoms with Crippen LogP contribution in [0.2, 0.25) is 0 Å². The fraction of sp³-hybridized carbons (Fsp3) is 0.231. The summed E-state index contributed by atoms with van der Waals surface area (Å²) in [7, 11) is 0. The van der Waals surface area contributed by atoms with Crippen LogP contribution in [0.15, 0.2) is 24.4 Å². The van der Waals surface area contributed by atoms with E-state index >= 15 is 0 Å². The second-order valence-electron chi connectivity index (χ2n) is 4.74.